The molecular formula is C23H23ClFNO2. The molecule has 5 heteroatoms. The van der Waals surface area contributed by atoms with E-state index in [-0.39, 0.29) is 12.4 Å². The van der Waals surface area contributed by atoms with Gasteiger partial charge in [-0.25, -0.2) is 4.39 Å². The molecule has 0 aliphatic carbocycles. The molecule has 0 spiro atoms. The lowest BCUT2D eigenvalue weighted by Gasteiger charge is -2.15. The average Bonchev–Trinajstić information content (AvgIpc) is 2.68. The fraction of sp³-hybridized carbons (Fsp3) is 0.217. The van der Waals surface area contributed by atoms with Crippen molar-refractivity contribution in [2.45, 2.75) is 27.0 Å². The van der Waals surface area contributed by atoms with E-state index in [1.165, 1.54) is 12.1 Å². The summed E-state index contributed by atoms with van der Waals surface area (Å²) in [4.78, 5) is 0. The highest BCUT2D eigenvalue weighted by Gasteiger charge is 2.08. The predicted octanol–water partition coefficient (Wildman–Crippen LogP) is 6.38. The third-order valence-electron chi connectivity index (χ3n) is 4.27. The van der Waals surface area contributed by atoms with Crippen LogP contribution in [0.4, 0.5) is 10.1 Å². The average molecular weight is 400 g/mol. The Balaban J connectivity index is 1.70. The normalized spacial score (nSPS) is 10.6. The van der Waals surface area contributed by atoms with Crippen LogP contribution in [-0.2, 0) is 13.2 Å². The number of halogens is 2. The molecule has 0 amide bonds. The lowest BCUT2D eigenvalue weighted by molar-refractivity contribution is 0.269. The molecule has 0 atom stereocenters. The molecule has 3 aromatic rings. The van der Waals surface area contributed by atoms with E-state index in [0.717, 1.165) is 22.4 Å². The Kier molecular flexibility index (Phi) is 6.77. The summed E-state index contributed by atoms with van der Waals surface area (Å²) in [5.41, 5.74) is 3.95. The van der Waals surface area contributed by atoms with Crippen LogP contribution in [0.3, 0.4) is 0 Å². The summed E-state index contributed by atoms with van der Waals surface area (Å²) in [5.74, 6) is 1.03. The topological polar surface area (TPSA) is 30.5 Å². The van der Waals surface area contributed by atoms with Crippen LogP contribution in [0.15, 0.2) is 60.7 Å². The van der Waals surface area contributed by atoms with Crippen LogP contribution in [0.2, 0.25) is 5.02 Å². The monoisotopic (exact) mass is 399 g/mol. The fourth-order valence-corrected chi connectivity index (χ4v) is 2.99. The van der Waals surface area contributed by atoms with Crippen molar-refractivity contribution < 1.29 is 13.9 Å². The number of ether oxygens (including phenoxy) is 2. The Labute approximate surface area is 170 Å². The number of aryl methyl sites for hydroxylation is 1. The Morgan fingerprint density at radius 3 is 2.57 bits per heavy atom. The SMILES string of the molecule is CCOc1cc(CNc2cc(Cl)ccc2C)ccc1OCc1cccc(F)c1. The molecule has 3 aromatic carbocycles. The van der Waals surface area contributed by atoms with Crippen LogP contribution in [0.25, 0.3) is 0 Å². The second-order valence-corrected chi connectivity index (χ2v) is 6.88. The van der Waals surface area contributed by atoms with Crippen molar-refractivity contribution in [3.63, 3.8) is 0 Å². The third kappa shape index (κ3) is 5.40. The molecule has 0 fully saturated rings. The van der Waals surface area contributed by atoms with Gasteiger partial charge < -0.3 is 14.8 Å². The van der Waals surface area contributed by atoms with Crippen LogP contribution in [-0.4, -0.2) is 6.61 Å². The van der Waals surface area contributed by atoms with Crippen LogP contribution in [0, 0.1) is 12.7 Å². The molecule has 0 aromatic heterocycles. The number of rotatable bonds is 8. The third-order valence-corrected chi connectivity index (χ3v) is 4.51. The van der Waals surface area contributed by atoms with Gasteiger partial charge in [0.1, 0.15) is 12.4 Å². The van der Waals surface area contributed by atoms with E-state index < -0.39 is 0 Å². The van der Waals surface area contributed by atoms with E-state index in [0.29, 0.717) is 29.7 Å². The Bertz CT molecular complexity index is 946. The van der Waals surface area contributed by atoms with Gasteiger partial charge in [-0.3, -0.25) is 0 Å². The van der Waals surface area contributed by atoms with Crippen molar-refractivity contribution in [2.75, 3.05) is 11.9 Å². The summed E-state index contributed by atoms with van der Waals surface area (Å²) >= 11 is 6.08. The first-order chi connectivity index (χ1) is 13.5. The molecule has 0 saturated carbocycles. The highest BCUT2D eigenvalue weighted by Crippen LogP contribution is 2.30. The molecule has 0 aliphatic heterocycles. The van der Waals surface area contributed by atoms with Crippen molar-refractivity contribution in [1.29, 1.82) is 0 Å². The minimum atomic E-state index is -0.274. The Morgan fingerprint density at radius 1 is 0.929 bits per heavy atom. The van der Waals surface area contributed by atoms with Gasteiger partial charge in [0.15, 0.2) is 11.5 Å². The van der Waals surface area contributed by atoms with E-state index >= 15 is 0 Å². The van der Waals surface area contributed by atoms with Crippen molar-refractivity contribution in [2.24, 2.45) is 0 Å². The summed E-state index contributed by atoms with van der Waals surface area (Å²) in [7, 11) is 0. The summed E-state index contributed by atoms with van der Waals surface area (Å²) in [6.07, 6.45) is 0. The molecule has 28 heavy (non-hydrogen) atoms. The Morgan fingerprint density at radius 2 is 1.79 bits per heavy atom. The lowest BCUT2D eigenvalue weighted by atomic mass is 10.1. The van der Waals surface area contributed by atoms with Crippen LogP contribution in [0.1, 0.15) is 23.6 Å². The zero-order valence-electron chi connectivity index (χ0n) is 16.0. The van der Waals surface area contributed by atoms with Crippen molar-refractivity contribution in [3.8, 4) is 11.5 Å². The summed E-state index contributed by atoms with van der Waals surface area (Å²) in [6.45, 7) is 5.40. The van der Waals surface area contributed by atoms with Gasteiger partial charge in [-0.1, -0.05) is 35.9 Å². The number of anilines is 1. The molecule has 0 aliphatic rings. The molecule has 1 N–H and O–H groups in total. The molecule has 0 bridgehead atoms. The second kappa shape index (κ2) is 9.47. The van der Waals surface area contributed by atoms with Gasteiger partial charge in [-0.15, -0.1) is 0 Å². The summed E-state index contributed by atoms with van der Waals surface area (Å²) in [6, 6.07) is 18.0. The van der Waals surface area contributed by atoms with E-state index in [4.69, 9.17) is 21.1 Å². The van der Waals surface area contributed by atoms with Gasteiger partial charge in [0.25, 0.3) is 0 Å². The first-order valence-electron chi connectivity index (χ1n) is 9.18. The smallest absolute Gasteiger partial charge is 0.161 e. The van der Waals surface area contributed by atoms with Crippen LogP contribution >= 0.6 is 11.6 Å². The molecule has 0 unspecified atom stereocenters. The van der Waals surface area contributed by atoms with Crippen molar-refractivity contribution in [3.05, 3.63) is 88.2 Å². The molecule has 0 heterocycles. The summed E-state index contributed by atoms with van der Waals surface area (Å²) in [5, 5.41) is 4.10. The maximum absolute atomic E-state index is 13.3. The lowest BCUT2D eigenvalue weighted by Crippen LogP contribution is -2.04. The molecule has 3 rings (SSSR count). The molecular weight excluding hydrogens is 377 g/mol. The molecule has 0 saturated heterocycles. The second-order valence-electron chi connectivity index (χ2n) is 6.45. The van der Waals surface area contributed by atoms with Gasteiger partial charge in [-0.2, -0.15) is 0 Å². The van der Waals surface area contributed by atoms with Crippen LogP contribution < -0.4 is 14.8 Å². The van der Waals surface area contributed by atoms with E-state index in [1.54, 1.807) is 6.07 Å². The minimum absolute atomic E-state index is 0.274. The maximum Gasteiger partial charge on any atom is 0.161 e. The minimum Gasteiger partial charge on any atom is -0.490 e. The van der Waals surface area contributed by atoms with Crippen molar-refractivity contribution >= 4 is 17.3 Å². The zero-order chi connectivity index (χ0) is 19.9. The fourth-order valence-electron chi connectivity index (χ4n) is 2.82. The van der Waals surface area contributed by atoms with Gasteiger partial charge in [0.2, 0.25) is 0 Å². The van der Waals surface area contributed by atoms with Crippen LogP contribution in [0.5, 0.6) is 11.5 Å². The highest BCUT2D eigenvalue weighted by molar-refractivity contribution is 6.30. The number of hydrogen-bond acceptors (Lipinski definition) is 3. The standard InChI is InChI=1S/C23H23ClFNO2/c1-3-27-23-12-17(14-26-21-13-19(24)9-7-16(21)2)8-10-22(23)28-15-18-5-4-6-20(25)11-18/h4-13,26H,3,14-15H2,1-2H3. The molecule has 0 radical (unpaired) electrons. The van der Waals surface area contributed by atoms with E-state index in [2.05, 4.69) is 5.32 Å². The Hall–Kier alpha value is -2.72. The van der Waals surface area contributed by atoms with E-state index in [9.17, 15) is 4.39 Å². The van der Waals surface area contributed by atoms with Gasteiger partial charge in [-0.05, 0) is 66.9 Å². The first kappa shape index (κ1) is 20.0. The molecule has 146 valence electrons. The van der Waals surface area contributed by atoms with Gasteiger partial charge in [0, 0.05) is 17.3 Å². The van der Waals surface area contributed by atoms with E-state index in [1.807, 2.05) is 56.3 Å². The maximum atomic E-state index is 13.3. The van der Waals surface area contributed by atoms with Gasteiger partial charge in [0.05, 0.1) is 6.61 Å². The van der Waals surface area contributed by atoms with Crippen molar-refractivity contribution in [1.82, 2.24) is 0 Å². The largest absolute Gasteiger partial charge is 0.490 e. The number of hydrogen-bond donors (Lipinski definition) is 1. The first-order valence-corrected chi connectivity index (χ1v) is 9.56. The zero-order valence-corrected chi connectivity index (χ0v) is 16.7. The molecule has 3 nitrogen and oxygen atoms in total. The summed E-state index contributed by atoms with van der Waals surface area (Å²) < 4.78 is 24.9. The number of benzene rings is 3. The number of nitrogens with one attached hydrogen (secondary N) is 1. The highest BCUT2D eigenvalue weighted by atomic mass is 35.5. The predicted molar refractivity (Wildman–Crippen MR) is 112 cm³/mol. The quantitative estimate of drug-likeness (QED) is 0.477. The van der Waals surface area contributed by atoms with Gasteiger partial charge >= 0.3 is 0 Å².